The first-order valence-electron chi connectivity index (χ1n) is 9.70. The molecule has 1 heterocycles. The van der Waals surface area contributed by atoms with E-state index < -0.39 is 54.9 Å². The summed E-state index contributed by atoms with van der Waals surface area (Å²) in [4.78, 5) is 35.3. The average Bonchev–Trinajstić information content (AvgIpc) is 3.12. The van der Waals surface area contributed by atoms with Crippen molar-refractivity contribution in [3.05, 3.63) is 63.0 Å². The van der Waals surface area contributed by atoms with Gasteiger partial charge in [0.05, 0.1) is 6.10 Å². The van der Waals surface area contributed by atoms with Crippen molar-refractivity contribution >= 4 is 51.1 Å². The van der Waals surface area contributed by atoms with Gasteiger partial charge in [0.15, 0.2) is 17.4 Å². The van der Waals surface area contributed by atoms with Gasteiger partial charge in [-0.15, -0.1) is 11.3 Å². The summed E-state index contributed by atoms with van der Waals surface area (Å²) in [5, 5.41) is 0.698. The number of rotatable bonds is 8. The summed E-state index contributed by atoms with van der Waals surface area (Å²) in [7, 11) is 0. The van der Waals surface area contributed by atoms with E-state index in [4.69, 9.17) is 31.5 Å². The number of nitrogens with two attached hydrogens (primary N) is 1. The summed E-state index contributed by atoms with van der Waals surface area (Å²) >= 11 is 7.29. The zero-order chi connectivity index (χ0) is 25.0. The maximum Gasteiger partial charge on any atom is 0.511 e. The predicted molar refractivity (Wildman–Crippen MR) is 119 cm³/mol. The molecule has 1 aromatic heterocycles. The molecule has 0 atom stereocenters. The average molecular weight is 514 g/mol. The Bertz CT molecular complexity index is 1240. The Morgan fingerprint density at radius 2 is 1.79 bits per heavy atom. The maximum atomic E-state index is 14.3. The summed E-state index contributed by atoms with van der Waals surface area (Å²) in [6.07, 6.45) is -1.44. The van der Waals surface area contributed by atoms with Gasteiger partial charge in [0.1, 0.15) is 11.5 Å². The van der Waals surface area contributed by atoms with E-state index in [-0.39, 0.29) is 21.0 Å². The van der Waals surface area contributed by atoms with E-state index in [0.717, 1.165) is 23.5 Å². The molecule has 3 rings (SSSR count). The molecular weight excluding hydrogens is 496 g/mol. The van der Waals surface area contributed by atoms with Gasteiger partial charge in [-0.05, 0) is 38.1 Å². The number of primary amides is 1. The van der Waals surface area contributed by atoms with Gasteiger partial charge in [0.2, 0.25) is 12.7 Å². The third-order valence-corrected chi connectivity index (χ3v) is 5.78. The van der Waals surface area contributed by atoms with Gasteiger partial charge < -0.3 is 24.7 Å². The smallest absolute Gasteiger partial charge is 0.483 e. The van der Waals surface area contributed by atoms with Crippen molar-refractivity contribution in [3.8, 4) is 5.75 Å². The molecule has 0 radical (unpaired) electrons. The number of hydrogen-bond donors (Lipinski definition) is 1. The highest BCUT2D eigenvalue weighted by molar-refractivity contribution is 7.21. The minimum atomic E-state index is -1.15. The molecule has 0 unspecified atom stereocenters. The number of ether oxygens (including phenoxy) is 4. The second-order valence-corrected chi connectivity index (χ2v) is 8.51. The Kier molecular flexibility index (Phi) is 7.90. The van der Waals surface area contributed by atoms with Crippen LogP contribution in [0, 0.1) is 11.6 Å². The molecule has 0 fully saturated rings. The standard InChI is InChI=1S/C22H18ClF2NO7S/c1-10(2)33-22(29)32-9-31-21(28)19-12(17-13(23)4-3-5-16(17)34-19)8-30-18-14(24)6-11(20(26)27)7-15(18)25/h3-7,10H,8-9H2,1-2H3,(H2,26,27). The molecular formula is C22H18ClF2NO7S. The highest BCUT2D eigenvalue weighted by Crippen LogP contribution is 2.37. The number of benzene rings is 2. The quantitative estimate of drug-likeness (QED) is 0.326. The van der Waals surface area contributed by atoms with Gasteiger partial charge in [-0.1, -0.05) is 17.7 Å². The summed E-state index contributed by atoms with van der Waals surface area (Å²) in [5.74, 6) is -4.96. The van der Waals surface area contributed by atoms with Gasteiger partial charge in [-0.2, -0.15) is 0 Å². The molecule has 0 aliphatic carbocycles. The fraction of sp³-hybridized carbons (Fsp3) is 0.227. The highest BCUT2D eigenvalue weighted by Gasteiger charge is 2.24. The fourth-order valence-corrected chi connectivity index (χ4v) is 4.35. The van der Waals surface area contributed by atoms with Crippen LogP contribution in [0.4, 0.5) is 13.6 Å². The largest absolute Gasteiger partial charge is 0.511 e. The lowest BCUT2D eigenvalue weighted by Crippen LogP contribution is -2.17. The molecule has 2 N–H and O–H groups in total. The lowest BCUT2D eigenvalue weighted by molar-refractivity contribution is -0.0343. The van der Waals surface area contributed by atoms with Crippen LogP contribution in [0.15, 0.2) is 30.3 Å². The number of carbonyl (C=O) groups excluding carboxylic acids is 3. The minimum absolute atomic E-state index is 0.0264. The van der Waals surface area contributed by atoms with Crippen molar-refractivity contribution in [2.75, 3.05) is 6.79 Å². The molecule has 3 aromatic rings. The van der Waals surface area contributed by atoms with Crippen molar-refractivity contribution in [3.63, 3.8) is 0 Å². The normalized spacial score (nSPS) is 10.9. The molecule has 34 heavy (non-hydrogen) atoms. The molecule has 0 spiro atoms. The number of amides is 1. The van der Waals surface area contributed by atoms with Crippen LogP contribution in [0.25, 0.3) is 10.1 Å². The van der Waals surface area contributed by atoms with Crippen LogP contribution in [0.1, 0.15) is 39.4 Å². The van der Waals surface area contributed by atoms with E-state index >= 15 is 0 Å². The molecule has 0 saturated heterocycles. The zero-order valence-electron chi connectivity index (χ0n) is 17.9. The third kappa shape index (κ3) is 5.72. The summed E-state index contributed by atoms with van der Waals surface area (Å²) in [6.45, 7) is 2.06. The summed E-state index contributed by atoms with van der Waals surface area (Å²) in [6, 6.07) is 6.40. The monoisotopic (exact) mass is 513 g/mol. The molecule has 180 valence electrons. The topological polar surface area (TPSA) is 114 Å². The number of fused-ring (bicyclic) bond motifs is 1. The fourth-order valence-electron chi connectivity index (χ4n) is 2.88. The first kappa shape index (κ1) is 25.2. The van der Waals surface area contributed by atoms with Crippen molar-refractivity contribution in [1.82, 2.24) is 0 Å². The van der Waals surface area contributed by atoms with Crippen LogP contribution in [-0.4, -0.2) is 30.9 Å². The Morgan fingerprint density at radius 3 is 2.41 bits per heavy atom. The first-order valence-corrected chi connectivity index (χ1v) is 10.9. The number of thiophene rings is 1. The van der Waals surface area contributed by atoms with E-state index in [1.54, 1.807) is 32.0 Å². The van der Waals surface area contributed by atoms with Crippen molar-refractivity contribution in [2.24, 2.45) is 5.73 Å². The Morgan fingerprint density at radius 1 is 1.12 bits per heavy atom. The molecule has 0 aliphatic rings. The van der Waals surface area contributed by atoms with Crippen LogP contribution < -0.4 is 10.5 Å². The number of hydrogen-bond acceptors (Lipinski definition) is 8. The maximum absolute atomic E-state index is 14.3. The van der Waals surface area contributed by atoms with E-state index in [0.29, 0.717) is 10.1 Å². The van der Waals surface area contributed by atoms with Crippen molar-refractivity contribution in [1.29, 1.82) is 0 Å². The molecule has 0 bridgehead atoms. The summed E-state index contributed by atoms with van der Waals surface area (Å²) < 4.78 is 49.0. The van der Waals surface area contributed by atoms with Crippen LogP contribution >= 0.6 is 22.9 Å². The van der Waals surface area contributed by atoms with Crippen molar-refractivity contribution in [2.45, 2.75) is 26.6 Å². The lowest BCUT2D eigenvalue weighted by Gasteiger charge is -2.11. The zero-order valence-corrected chi connectivity index (χ0v) is 19.4. The molecule has 0 aliphatic heterocycles. The van der Waals surface area contributed by atoms with Gasteiger partial charge in [-0.3, -0.25) is 4.79 Å². The second-order valence-electron chi connectivity index (χ2n) is 7.06. The third-order valence-electron chi connectivity index (χ3n) is 4.29. The molecule has 2 aromatic carbocycles. The van der Waals surface area contributed by atoms with E-state index in [1.165, 1.54) is 0 Å². The van der Waals surface area contributed by atoms with Gasteiger partial charge in [0, 0.05) is 26.2 Å². The summed E-state index contributed by atoms with van der Waals surface area (Å²) in [5.41, 5.74) is 4.89. The Balaban J connectivity index is 1.86. The molecule has 8 nitrogen and oxygen atoms in total. The second kappa shape index (κ2) is 10.7. The molecule has 12 heteroatoms. The molecule has 0 saturated carbocycles. The Labute approximate surface area is 201 Å². The van der Waals surface area contributed by atoms with E-state index in [2.05, 4.69) is 4.74 Å². The Hall–Kier alpha value is -3.44. The van der Waals surface area contributed by atoms with Gasteiger partial charge in [0.25, 0.3) is 0 Å². The predicted octanol–water partition coefficient (Wildman–Crippen LogP) is 5.19. The van der Waals surface area contributed by atoms with E-state index in [1.807, 2.05) is 0 Å². The number of carbonyl (C=O) groups is 3. The lowest BCUT2D eigenvalue weighted by atomic mass is 10.1. The number of esters is 1. The van der Waals surface area contributed by atoms with Gasteiger partial charge >= 0.3 is 12.1 Å². The van der Waals surface area contributed by atoms with Gasteiger partial charge in [-0.25, -0.2) is 18.4 Å². The number of halogens is 3. The highest BCUT2D eigenvalue weighted by atomic mass is 35.5. The van der Waals surface area contributed by atoms with Crippen molar-refractivity contribution < 1.29 is 42.1 Å². The SMILES string of the molecule is CC(C)OC(=O)OCOC(=O)c1sc2cccc(Cl)c2c1COc1c(F)cc(C(N)=O)cc1F. The van der Waals surface area contributed by atoms with Crippen LogP contribution in [0.5, 0.6) is 5.75 Å². The van der Waals surface area contributed by atoms with Crippen LogP contribution in [0.2, 0.25) is 5.02 Å². The van der Waals surface area contributed by atoms with E-state index in [9.17, 15) is 23.2 Å². The molecule has 1 amide bonds. The van der Waals surface area contributed by atoms with Crippen LogP contribution in [-0.2, 0) is 20.8 Å². The van der Waals surface area contributed by atoms with Crippen LogP contribution in [0.3, 0.4) is 0 Å². The minimum Gasteiger partial charge on any atom is -0.483 e. The first-order chi connectivity index (χ1) is 16.1.